The Balaban J connectivity index is 1.88. The van der Waals surface area contributed by atoms with Gasteiger partial charge in [0.2, 0.25) is 0 Å². The number of aliphatic imine (C=N–C) groups is 1. The highest BCUT2D eigenvalue weighted by Gasteiger charge is 2.21. The summed E-state index contributed by atoms with van der Waals surface area (Å²) in [5.41, 5.74) is 3.70. The fourth-order valence-electron chi connectivity index (χ4n) is 3.68. The van der Waals surface area contributed by atoms with Gasteiger partial charge < -0.3 is 9.47 Å². The maximum absolute atomic E-state index is 14.2. The van der Waals surface area contributed by atoms with E-state index in [0.29, 0.717) is 16.8 Å². The fourth-order valence-corrected chi connectivity index (χ4v) is 3.78. The van der Waals surface area contributed by atoms with Gasteiger partial charge in [-0.1, -0.05) is 36.4 Å². The van der Waals surface area contributed by atoms with Crippen LogP contribution in [-0.4, -0.2) is 18.5 Å². The van der Waals surface area contributed by atoms with Crippen molar-refractivity contribution >= 4 is 33.4 Å². The highest BCUT2D eigenvalue weighted by Crippen LogP contribution is 2.36. The monoisotopic (exact) mass is 529 g/mol. The second kappa shape index (κ2) is 12.4. The number of benzene rings is 2. The molecule has 3 rings (SSSR count). The Kier molecular flexibility index (Phi) is 9.33. The minimum absolute atomic E-state index is 0.0719. The average Bonchev–Trinajstić information content (AvgIpc) is 3.30. The van der Waals surface area contributed by atoms with Crippen molar-refractivity contribution in [3.8, 4) is 0 Å². The molecule has 0 atom stereocenters. The summed E-state index contributed by atoms with van der Waals surface area (Å²) in [7, 11) is 0. The van der Waals surface area contributed by atoms with Crippen LogP contribution in [0, 0.1) is 11.6 Å². The zero-order valence-corrected chi connectivity index (χ0v) is 20.5. The first-order chi connectivity index (χ1) is 16.4. The van der Waals surface area contributed by atoms with E-state index in [2.05, 4.69) is 27.5 Å². The van der Waals surface area contributed by atoms with Gasteiger partial charge >= 0.3 is 5.97 Å². The van der Waals surface area contributed by atoms with Crippen molar-refractivity contribution in [2.24, 2.45) is 4.99 Å². The number of rotatable bonds is 9. The molecule has 0 aliphatic heterocycles. The van der Waals surface area contributed by atoms with Gasteiger partial charge in [0, 0.05) is 17.1 Å². The zero-order chi connectivity index (χ0) is 24.5. The Bertz CT molecular complexity index is 1140. The molecule has 0 heterocycles. The van der Waals surface area contributed by atoms with E-state index in [1.807, 2.05) is 0 Å². The summed E-state index contributed by atoms with van der Waals surface area (Å²) in [4.78, 5) is 16.6. The lowest BCUT2D eigenvalue weighted by Gasteiger charge is -2.13. The summed E-state index contributed by atoms with van der Waals surface area (Å²) in [5.74, 6) is -1.10. The zero-order valence-electron chi connectivity index (χ0n) is 19.0. The molecule has 2 aromatic carbocycles. The van der Waals surface area contributed by atoms with Crippen LogP contribution < -0.4 is 0 Å². The third-order valence-corrected chi connectivity index (χ3v) is 5.88. The van der Waals surface area contributed by atoms with Gasteiger partial charge in [-0.2, -0.15) is 0 Å². The maximum atomic E-state index is 14.2. The number of carbonyl (C=O) groups is 1. The Morgan fingerprint density at radius 3 is 2.62 bits per heavy atom. The molecule has 0 amide bonds. The van der Waals surface area contributed by atoms with Gasteiger partial charge in [-0.15, -0.1) is 0 Å². The van der Waals surface area contributed by atoms with E-state index in [9.17, 15) is 13.6 Å². The van der Waals surface area contributed by atoms with Gasteiger partial charge in [0.05, 0.1) is 12.2 Å². The molecule has 7 heteroatoms. The molecule has 0 radical (unpaired) electrons. The smallest absolute Gasteiger partial charge is 0.341 e. The molecule has 0 saturated carbocycles. The Labute approximate surface area is 206 Å². The molecular weight excluding hydrogens is 504 g/mol. The average molecular weight is 530 g/mol. The molecule has 0 N–H and O–H groups in total. The number of hydrogen-bond donors (Lipinski definition) is 0. The van der Waals surface area contributed by atoms with Crippen molar-refractivity contribution in [3.63, 3.8) is 0 Å². The highest BCUT2D eigenvalue weighted by atomic mass is 79.9. The molecule has 0 unspecified atom stereocenters. The first-order valence-corrected chi connectivity index (χ1v) is 11.8. The van der Waals surface area contributed by atoms with E-state index >= 15 is 0 Å². The number of halogens is 3. The van der Waals surface area contributed by atoms with E-state index in [4.69, 9.17) is 9.47 Å². The SMILES string of the molecule is C=C/C(Br)=C\N=C(CC1=C(c2ccc(F)c(C(=O)OCC)c2)CCC1)OCc1ccc(F)cc1. The van der Waals surface area contributed by atoms with Crippen LogP contribution >= 0.6 is 15.9 Å². The molecule has 0 fully saturated rings. The van der Waals surface area contributed by atoms with Crippen LogP contribution in [0.2, 0.25) is 0 Å². The van der Waals surface area contributed by atoms with Crippen molar-refractivity contribution in [1.82, 2.24) is 0 Å². The Hall–Kier alpha value is -3.06. The van der Waals surface area contributed by atoms with E-state index in [1.165, 1.54) is 18.2 Å². The third-order valence-electron chi connectivity index (χ3n) is 5.35. The van der Waals surface area contributed by atoms with Gasteiger partial charge in [0.1, 0.15) is 18.2 Å². The van der Waals surface area contributed by atoms with Gasteiger partial charge in [-0.25, -0.2) is 18.6 Å². The van der Waals surface area contributed by atoms with Crippen molar-refractivity contribution in [1.29, 1.82) is 0 Å². The van der Waals surface area contributed by atoms with Gasteiger partial charge in [0.15, 0.2) is 5.90 Å². The molecule has 4 nitrogen and oxygen atoms in total. The lowest BCUT2D eigenvalue weighted by Crippen LogP contribution is -2.08. The van der Waals surface area contributed by atoms with Crippen LogP contribution in [0.5, 0.6) is 0 Å². The predicted molar refractivity (Wildman–Crippen MR) is 134 cm³/mol. The molecule has 0 aromatic heterocycles. The minimum Gasteiger partial charge on any atom is -0.476 e. The van der Waals surface area contributed by atoms with E-state index in [-0.39, 0.29) is 24.6 Å². The van der Waals surface area contributed by atoms with Crippen molar-refractivity contribution < 1.29 is 23.0 Å². The van der Waals surface area contributed by atoms with E-state index < -0.39 is 11.8 Å². The van der Waals surface area contributed by atoms with E-state index in [0.717, 1.165) is 41.5 Å². The minimum atomic E-state index is -0.675. The van der Waals surface area contributed by atoms with E-state index in [1.54, 1.807) is 43.5 Å². The quantitative estimate of drug-likeness (QED) is 0.146. The number of ether oxygens (including phenoxy) is 2. The molecule has 178 valence electrons. The van der Waals surface area contributed by atoms with Crippen LogP contribution in [0.3, 0.4) is 0 Å². The van der Waals surface area contributed by atoms with Gasteiger partial charge in [-0.05, 0) is 83.1 Å². The van der Waals surface area contributed by atoms with Crippen LogP contribution in [0.4, 0.5) is 8.78 Å². The first kappa shape index (κ1) is 25.6. The van der Waals surface area contributed by atoms with Crippen LogP contribution in [-0.2, 0) is 16.1 Å². The topological polar surface area (TPSA) is 47.9 Å². The number of carbonyl (C=O) groups excluding carboxylic acids is 1. The fraction of sp³-hybridized carbons (Fsp3) is 0.259. The van der Waals surface area contributed by atoms with Gasteiger partial charge in [0.25, 0.3) is 0 Å². The second-order valence-corrected chi connectivity index (χ2v) is 8.60. The molecule has 0 spiro atoms. The standard InChI is InChI=1S/C27H26BrF2NO3/c1-3-21(28)16-31-26(34-17-18-8-11-22(29)12-9-18)15-19-6-5-7-23(19)20-10-13-25(30)24(14-20)27(32)33-4-2/h3,8-14,16H,1,4-7,15,17H2,2H3/b21-16+,31-26?. The molecular formula is C27H26BrF2NO3. The highest BCUT2D eigenvalue weighted by molar-refractivity contribution is 9.11. The Morgan fingerprint density at radius 2 is 1.91 bits per heavy atom. The molecule has 34 heavy (non-hydrogen) atoms. The first-order valence-electron chi connectivity index (χ1n) is 11.0. The Morgan fingerprint density at radius 1 is 1.15 bits per heavy atom. The largest absolute Gasteiger partial charge is 0.476 e. The number of esters is 1. The normalized spacial score (nSPS) is 14.4. The van der Waals surface area contributed by atoms with Crippen molar-refractivity contribution in [3.05, 3.63) is 99.7 Å². The summed E-state index contributed by atoms with van der Waals surface area (Å²) in [5, 5.41) is 0. The molecule has 0 bridgehead atoms. The molecule has 1 aliphatic rings. The maximum Gasteiger partial charge on any atom is 0.341 e. The van der Waals surface area contributed by atoms with Crippen molar-refractivity contribution in [2.75, 3.05) is 6.61 Å². The second-order valence-electron chi connectivity index (χ2n) is 7.68. The van der Waals surface area contributed by atoms with Crippen molar-refractivity contribution in [2.45, 2.75) is 39.2 Å². The third kappa shape index (κ3) is 6.97. The summed E-state index contributed by atoms with van der Waals surface area (Å²) in [6.45, 7) is 5.80. The van der Waals surface area contributed by atoms with Crippen LogP contribution in [0.1, 0.15) is 54.1 Å². The van der Waals surface area contributed by atoms with Crippen LogP contribution in [0.25, 0.3) is 5.57 Å². The predicted octanol–water partition coefficient (Wildman–Crippen LogP) is 7.51. The number of nitrogens with zero attached hydrogens (tertiary/aromatic N) is 1. The summed E-state index contributed by atoms with van der Waals surface area (Å²) >= 11 is 3.36. The molecule has 1 aliphatic carbocycles. The summed E-state index contributed by atoms with van der Waals surface area (Å²) in [6, 6.07) is 10.6. The summed E-state index contributed by atoms with van der Waals surface area (Å²) < 4.78 is 39.1. The summed E-state index contributed by atoms with van der Waals surface area (Å²) in [6.07, 6.45) is 6.27. The lowest BCUT2D eigenvalue weighted by molar-refractivity contribution is 0.0521. The molecule has 2 aromatic rings. The molecule has 0 saturated heterocycles. The number of hydrogen-bond acceptors (Lipinski definition) is 4. The van der Waals surface area contributed by atoms with Crippen LogP contribution in [0.15, 0.2) is 76.4 Å². The van der Waals surface area contributed by atoms with Gasteiger partial charge in [-0.3, -0.25) is 0 Å². The number of allylic oxidation sites excluding steroid dienone is 3. The lowest BCUT2D eigenvalue weighted by atomic mass is 9.98.